The zero-order valence-corrected chi connectivity index (χ0v) is 10.7. The van der Waals surface area contributed by atoms with Crippen LogP contribution in [-0.4, -0.2) is 38.2 Å². The third kappa shape index (κ3) is 4.26. The number of unbranched alkanes of at least 4 members (excludes halogenated alkanes) is 2. The number of rotatable bonds is 8. The fourth-order valence-corrected chi connectivity index (χ4v) is 1.75. The van der Waals surface area contributed by atoms with E-state index in [-0.39, 0.29) is 0 Å². The summed E-state index contributed by atoms with van der Waals surface area (Å²) >= 11 is 0. The van der Waals surface area contributed by atoms with Crippen LogP contribution in [0.2, 0.25) is 0 Å². The zero-order chi connectivity index (χ0) is 11.8. The lowest BCUT2D eigenvalue weighted by Crippen LogP contribution is -2.26. The highest BCUT2D eigenvalue weighted by molar-refractivity contribution is 4.79. The number of tetrazole rings is 1. The summed E-state index contributed by atoms with van der Waals surface area (Å²) in [5, 5.41) is 11.5. The molecule has 16 heavy (non-hydrogen) atoms. The fraction of sp³-hybridized carbons (Fsp3) is 0.909. The average Bonchev–Trinajstić information content (AvgIpc) is 2.65. The second kappa shape index (κ2) is 7.33. The SMILES string of the molecule is CCCCCN(CCC)Cc1nnnn1C. The van der Waals surface area contributed by atoms with Crippen molar-refractivity contribution in [1.29, 1.82) is 0 Å². The van der Waals surface area contributed by atoms with Gasteiger partial charge in [-0.3, -0.25) is 4.90 Å². The monoisotopic (exact) mass is 225 g/mol. The molecule has 1 rings (SSSR count). The van der Waals surface area contributed by atoms with Crippen LogP contribution >= 0.6 is 0 Å². The van der Waals surface area contributed by atoms with E-state index in [0.29, 0.717) is 0 Å². The highest BCUT2D eigenvalue weighted by Crippen LogP contribution is 2.04. The van der Waals surface area contributed by atoms with E-state index in [1.807, 2.05) is 7.05 Å². The second-order valence-corrected chi connectivity index (χ2v) is 4.20. The smallest absolute Gasteiger partial charge is 0.164 e. The first kappa shape index (κ1) is 13.1. The number of hydrogen-bond donors (Lipinski definition) is 0. The Morgan fingerprint density at radius 1 is 1.12 bits per heavy atom. The summed E-state index contributed by atoms with van der Waals surface area (Å²) in [5.41, 5.74) is 0. The van der Waals surface area contributed by atoms with E-state index < -0.39 is 0 Å². The summed E-state index contributed by atoms with van der Waals surface area (Å²) in [5.74, 6) is 0.949. The molecule has 0 aromatic carbocycles. The Kier molecular flexibility index (Phi) is 6.00. The lowest BCUT2D eigenvalue weighted by atomic mass is 10.2. The summed E-state index contributed by atoms with van der Waals surface area (Å²) in [6.07, 6.45) is 5.02. The van der Waals surface area contributed by atoms with Crippen molar-refractivity contribution in [2.45, 2.75) is 46.1 Å². The van der Waals surface area contributed by atoms with Gasteiger partial charge in [0.1, 0.15) is 0 Å². The van der Waals surface area contributed by atoms with E-state index in [1.165, 1.54) is 25.7 Å². The third-order valence-electron chi connectivity index (χ3n) is 2.69. The maximum atomic E-state index is 4.03. The molecule has 0 spiro atoms. The van der Waals surface area contributed by atoms with Gasteiger partial charge in [-0.2, -0.15) is 0 Å². The van der Waals surface area contributed by atoms with Gasteiger partial charge in [-0.1, -0.05) is 26.7 Å². The van der Waals surface area contributed by atoms with Crippen molar-refractivity contribution in [1.82, 2.24) is 25.1 Å². The molecule has 0 unspecified atom stereocenters. The van der Waals surface area contributed by atoms with Gasteiger partial charge in [0.2, 0.25) is 0 Å². The molecule has 1 aromatic heterocycles. The van der Waals surface area contributed by atoms with Crippen LogP contribution in [0.15, 0.2) is 0 Å². The lowest BCUT2D eigenvalue weighted by molar-refractivity contribution is 0.250. The molecule has 1 heterocycles. The van der Waals surface area contributed by atoms with Gasteiger partial charge in [-0.05, 0) is 36.4 Å². The number of aryl methyl sites for hydroxylation is 1. The summed E-state index contributed by atoms with van der Waals surface area (Å²) in [6, 6.07) is 0. The number of hydrogen-bond acceptors (Lipinski definition) is 4. The highest BCUT2D eigenvalue weighted by atomic mass is 15.5. The zero-order valence-electron chi connectivity index (χ0n) is 10.7. The van der Waals surface area contributed by atoms with Crippen molar-refractivity contribution >= 4 is 0 Å². The molecule has 92 valence electrons. The molecule has 5 heteroatoms. The number of aromatic nitrogens is 4. The Bertz CT molecular complexity index is 284. The van der Waals surface area contributed by atoms with Crippen LogP contribution < -0.4 is 0 Å². The minimum atomic E-state index is 0.862. The van der Waals surface area contributed by atoms with Crippen molar-refractivity contribution in [3.63, 3.8) is 0 Å². The molecule has 0 fully saturated rings. The minimum absolute atomic E-state index is 0.862. The molecular weight excluding hydrogens is 202 g/mol. The molecule has 1 aromatic rings. The van der Waals surface area contributed by atoms with Crippen molar-refractivity contribution in [2.24, 2.45) is 7.05 Å². The van der Waals surface area contributed by atoms with Crippen LogP contribution in [0.3, 0.4) is 0 Å². The molecule has 0 aliphatic heterocycles. The summed E-state index contributed by atoms with van der Waals surface area (Å²) in [7, 11) is 1.89. The molecule has 0 atom stereocenters. The second-order valence-electron chi connectivity index (χ2n) is 4.20. The summed E-state index contributed by atoms with van der Waals surface area (Å²) in [4.78, 5) is 2.43. The average molecular weight is 225 g/mol. The molecule has 0 saturated carbocycles. The Labute approximate surface area is 97.8 Å². The van der Waals surface area contributed by atoms with Crippen molar-refractivity contribution < 1.29 is 0 Å². The van der Waals surface area contributed by atoms with Gasteiger partial charge in [0.05, 0.1) is 6.54 Å². The van der Waals surface area contributed by atoms with Crippen LogP contribution in [0.25, 0.3) is 0 Å². The molecule has 0 aliphatic rings. The van der Waals surface area contributed by atoms with Crippen LogP contribution in [0.5, 0.6) is 0 Å². The van der Waals surface area contributed by atoms with E-state index in [0.717, 1.165) is 25.5 Å². The fourth-order valence-electron chi connectivity index (χ4n) is 1.75. The molecule has 5 nitrogen and oxygen atoms in total. The van der Waals surface area contributed by atoms with Crippen molar-refractivity contribution in [3.05, 3.63) is 5.82 Å². The molecule has 0 radical (unpaired) electrons. The first-order valence-corrected chi connectivity index (χ1v) is 6.21. The van der Waals surface area contributed by atoms with Gasteiger partial charge in [0.25, 0.3) is 0 Å². The first-order valence-electron chi connectivity index (χ1n) is 6.21. The van der Waals surface area contributed by atoms with Crippen molar-refractivity contribution in [2.75, 3.05) is 13.1 Å². The Morgan fingerprint density at radius 2 is 1.94 bits per heavy atom. The van der Waals surface area contributed by atoms with Crippen LogP contribution in [0.1, 0.15) is 45.4 Å². The molecule has 0 saturated heterocycles. The quantitative estimate of drug-likeness (QED) is 0.631. The van der Waals surface area contributed by atoms with Gasteiger partial charge < -0.3 is 0 Å². The predicted molar refractivity (Wildman–Crippen MR) is 63.9 cm³/mol. The van der Waals surface area contributed by atoms with E-state index >= 15 is 0 Å². The highest BCUT2D eigenvalue weighted by Gasteiger charge is 2.09. The minimum Gasteiger partial charge on any atom is -0.296 e. The standard InChI is InChI=1S/C11H23N5/c1-4-6-7-9-16(8-5-2)10-11-12-13-14-15(11)3/h4-10H2,1-3H3. The molecule has 0 amide bonds. The largest absolute Gasteiger partial charge is 0.296 e. The molecular formula is C11H23N5. The van der Waals surface area contributed by atoms with Crippen molar-refractivity contribution in [3.8, 4) is 0 Å². The van der Waals surface area contributed by atoms with Gasteiger partial charge in [-0.25, -0.2) is 4.68 Å². The molecule has 0 aliphatic carbocycles. The van der Waals surface area contributed by atoms with E-state index in [9.17, 15) is 0 Å². The topological polar surface area (TPSA) is 46.8 Å². The first-order chi connectivity index (χ1) is 7.77. The molecule has 0 N–H and O–H groups in total. The summed E-state index contributed by atoms with van der Waals surface area (Å²) in [6.45, 7) is 7.57. The Hall–Kier alpha value is -0.970. The van der Waals surface area contributed by atoms with Crippen LogP contribution in [0, 0.1) is 0 Å². The maximum Gasteiger partial charge on any atom is 0.164 e. The van der Waals surface area contributed by atoms with E-state index in [1.54, 1.807) is 4.68 Å². The van der Waals surface area contributed by atoms with Gasteiger partial charge >= 0.3 is 0 Å². The van der Waals surface area contributed by atoms with Gasteiger partial charge in [0, 0.05) is 7.05 Å². The Morgan fingerprint density at radius 3 is 2.50 bits per heavy atom. The van der Waals surface area contributed by atoms with E-state index in [2.05, 4.69) is 34.3 Å². The number of nitrogens with zero attached hydrogens (tertiary/aromatic N) is 5. The van der Waals surface area contributed by atoms with Crippen LogP contribution in [-0.2, 0) is 13.6 Å². The van der Waals surface area contributed by atoms with Gasteiger partial charge in [-0.15, -0.1) is 5.10 Å². The molecule has 0 bridgehead atoms. The van der Waals surface area contributed by atoms with Crippen LogP contribution in [0.4, 0.5) is 0 Å². The Balaban J connectivity index is 2.41. The predicted octanol–water partition coefficient (Wildman–Crippen LogP) is 1.61. The van der Waals surface area contributed by atoms with Gasteiger partial charge in [0.15, 0.2) is 5.82 Å². The maximum absolute atomic E-state index is 4.03. The van der Waals surface area contributed by atoms with E-state index in [4.69, 9.17) is 0 Å². The third-order valence-corrected chi connectivity index (χ3v) is 2.69. The normalized spacial score (nSPS) is 11.2. The lowest BCUT2D eigenvalue weighted by Gasteiger charge is -2.20. The summed E-state index contributed by atoms with van der Waals surface area (Å²) < 4.78 is 1.75.